The largest absolute Gasteiger partial charge is 0.361 e. The number of aryl methyl sites for hydroxylation is 2. The number of nitrogens with one attached hydrogen (secondary N) is 1. The van der Waals surface area contributed by atoms with Gasteiger partial charge in [-0.05, 0) is 61.7 Å². The predicted octanol–water partition coefficient (Wildman–Crippen LogP) is 3.81. The van der Waals surface area contributed by atoms with Crippen LogP contribution in [0, 0.1) is 12.7 Å². The lowest BCUT2D eigenvalue weighted by atomic mass is 10.1. The normalized spacial score (nSPS) is 15.6. The first kappa shape index (κ1) is 18.2. The number of nitrogens with zero attached hydrogens (tertiary/aromatic N) is 4. The molecule has 1 N–H and O–H groups in total. The van der Waals surface area contributed by atoms with E-state index in [2.05, 4.69) is 24.8 Å². The van der Waals surface area contributed by atoms with Crippen molar-refractivity contribution >= 4 is 28.3 Å². The fourth-order valence-electron chi connectivity index (χ4n) is 3.77. The van der Waals surface area contributed by atoms with E-state index in [4.69, 9.17) is 11.6 Å². The highest BCUT2D eigenvalue weighted by atomic mass is 35.5. The minimum Gasteiger partial charge on any atom is -0.361 e. The molecule has 4 rings (SSSR count). The smallest absolute Gasteiger partial charge is 0.224 e. The molecule has 5 nitrogen and oxygen atoms in total. The summed E-state index contributed by atoms with van der Waals surface area (Å²) in [4.78, 5) is 16.4. The Morgan fingerprint density at radius 1 is 1.22 bits per heavy atom. The maximum atomic E-state index is 13.5. The Hall–Kier alpha value is -2.18. The van der Waals surface area contributed by atoms with Crippen LogP contribution in [0.2, 0.25) is 5.28 Å². The summed E-state index contributed by atoms with van der Waals surface area (Å²) in [5, 5.41) is 1.30. The van der Waals surface area contributed by atoms with E-state index in [9.17, 15) is 4.39 Å². The van der Waals surface area contributed by atoms with E-state index in [-0.39, 0.29) is 5.82 Å². The molecule has 7 heteroatoms. The van der Waals surface area contributed by atoms with Crippen molar-refractivity contribution in [2.45, 2.75) is 19.8 Å². The third kappa shape index (κ3) is 4.06. The van der Waals surface area contributed by atoms with Crippen molar-refractivity contribution < 1.29 is 4.39 Å². The van der Waals surface area contributed by atoms with Crippen molar-refractivity contribution in [3.63, 3.8) is 0 Å². The van der Waals surface area contributed by atoms with Crippen molar-refractivity contribution in [2.75, 3.05) is 37.6 Å². The van der Waals surface area contributed by atoms with Gasteiger partial charge < -0.3 is 9.88 Å². The molecular weight excluding hydrogens is 365 g/mol. The van der Waals surface area contributed by atoms with Crippen LogP contribution in [0.15, 0.2) is 30.6 Å². The lowest BCUT2D eigenvalue weighted by Gasteiger charge is -2.36. The van der Waals surface area contributed by atoms with Crippen molar-refractivity contribution in [1.82, 2.24) is 19.9 Å². The molecule has 0 aliphatic carbocycles. The molecule has 0 amide bonds. The summed E-state index contributed by atoms with van der Waals surface area (Å²) in [7, 11) is 0. The number of hydrogen-bond acceptors (Lipinski definition) is 4. The first-order valence-corrected chi connectivity index (χ1v) is 9.70. The number of fused-ring (bicyclic) bond motifs is 1. The summed E-state index contributed by atoms with van der Waals surface area (Å²) in [6.07, 6.45) is 5.79. The van der Waals surface area contributed by atoms with E-state index in [1.54, 1.807) is 18.3 Å². The van der Waals surface area contributed by atoms with Crippen molar-refractivity contribution in [3.05, 3.63) is 52.8 Å². The second kappa shape index (κ2) is 7.82. The third-order valence-corrected chi connectivity index (χ3v) is 5.42. The maximum absolute atomic E-state index is 13.5. The Morgan fingerprint density at radius 2 is 2.04 bits per heavy atom. The minimum atomic E-state index is -0.181. The van der Waals surface area contributed by atoms with Gasteiger partial charge in [-0.2, -0.15) is 0 Å². The molecule has 3 aromatic rings. The number of hydrogen-bond donors (Lipinski definition) is 1. The van der Waals surface area contributed by atoms with Gasteiger partial charge in [-0.1, -0.05) is 0 Å². The molecule has 3 heterocycles. The van der Waals surface area contributed by atoms with Crippen LogP contribution >= 0.6 is 11.6 Å². The zero-order valence-electron chi connectivity index (χ0n) is 15.4. The summed E-state index contributed by atoms with van der Waals surface area (Å²) < 4.78 is 13.5. The van der Waals surface area contributed by atoms with Gasteiger partial charge in [0.05, 0.1) is 0 Å². The van der Waals surface area contributed by atoms with E-state index in [0.29, 0.717) is 5.28 Å². The fraction of sp³-hybridized carbons (Fsp3) is 0.400. The second-order valence-corrected chi connectivity index (χ2v) is 7.42. The molecule has 0 atom stereocenters. The Kier molecular flexibility index (Phi) is 5.27. The van der Waals surface area contributed by atoms with Crippen LogP contribution in [0.1, 0.15) is 17.5 Å². The molecule has 2 aromatic heterocycles. The van der Waals surface area contributed by atoms with Crippen LogP contribution in [0.5, 0.6) is 0 Å². The van der Waals surface area contributed by atoms with E-state index in [1.807, 2.05) is 13.1 Å². The minimum absolute atomic E-state index is 0.181. The summed E-state index contributed by atoms with van der Waals surface area (Å²) in [6, 6.07) is 4.92. The highest BCUT2D eigenvalue weighted by Crippen LogP contribution is 2.22. The fourth-order valence-corrected chi connectivity index (χ4v) is 3.90. The number of piperazine rings is 1. The van der Waals surface area contributed by atoms with Gasteiger partial charge in [-0.15, -0.1) is 0 Å². The van der Waals surface area contributed by atoms with Crippen LogP contribution < -0.4 is 4.90 Å². The van der Waals surface area contributed by atoms with Gasteiger partial charge in [0.2, 0.25) is 5.28 Å². The molecule has 0 radical (unpaired) electrons. The van der Waals surface area contributed by atoms with Crippen molar-refractivity contribution in [3.8, 4) is 0 Å². The zero-order chi connectivity index (χ0) is 18.8. The molecule has 1 aromatic carbocycles. The SMILES string of the molecule is Cc1cnc(Cl)nc1N1CCN(CCCc2c[nH]c3ccc(F)cc23)CC1. The van der Waals surface area contributed by atoms with E-state index in [0.717, 1.165) is 67.8 Å². The molecular formula is C20H23ClFN5. The standard InChI is InChI=1S/C20H23ClFN5/c1-14-12-24-20(21)25-19(14)27-9-7-26(8-10-27)6-2-3-15-13-23-18-5-4-16(22)11-17(15)18/h4-5,11-13,23H,2-3,6-10H2,1H3. The first-order chi connectivity index (χ1) is 13.1. The first-order valence-electron chi connectivity index (χ1n) is 9.32. The Morgan fingerprint density at radius 3 is 2.85 bits per heavy atom. The summed E-state index contributed by atoms with van der Waals surface area (Å²) in [5.41, 5.74) is 3.24. The monoisotopic (exact) mass is 387 g/mol. The topological polar surface area (TPSA) is 48.1 Å². The summed E-state index contributed by atoms with van der Waals surface area (Å²) in [6.45, 7) is 6.94. The van der Waals surface area contributed by atoms with Gasteiger partial charge in [0, 0.05) is 55.0 Å². The number of aromatic amines is 1. The van der Waals surface area contributed by atoms with Crippen molar-refractivity contribution in [2.24, 2.45) is 0 Å². The maximum Gasteiger partial charge on any atom is 0.224 e. The second-order valence-electron chi connectivity index (χ2n) is 7.08. The van der Waals surface area contributed by atoms with Gasteiger partial charge in [0.25, 0.3) is 0 Å². The van der Waals surface area contributed by atoms with Gasteiger partial charge in [0.15, 0.2) is 0 Å². The van der Waals surface area contributed by atoms with Gasteiger partial charge in [-0.3, -0.25) is 4.90 Å². The van der Waals surface area contributed by atoms with Crippen LogP contribution in [0.3, 0.4) is 0 Å². The molecule has 1 aliphatic rings. The molecule has 1 aliphatic heterocycles. The Balaban J connectivity index is 1.29. The molecule has 0 saturated carbocycles. The number of rotatable bonds is 5. The van der Waals surface area contributed by atoms with E-state index < -0.39 is 0 Å². The number of H-pyrrole nitrogens is 1. The van der Waals surface area contributed by atoms with Crippen LogP contribution in [0.25, 0.3) is 10.9 Å². The average molecular weight is 388 g/mol. The lowest BCUT2D eigenvalue weighted by Crippen LogP contribution is -2.47. The molecule has 0 unspecified atom stereocenters. The van der Waals surface area contributed by atoms with Gasteiger partial charge >= 0.3 is 0 Å². The lowest BCUT2D eigenvalue weighted by molar-refractivity contribution is 0.254. The molecule has 1 fully saturated rings. The summed E-state index contributed by atoms with van der Waals surface area (Å²) >= 11 is 5.95. The molecule has 27 heavy (non-hydrogen) atoms. The number of aromatic nitrogens is 3. The molecule has 0 spiro atoms. The van der Waals surface area contributed by atoms with Crippen LogP contribution in [-0.4, -0.2) is 52.6 Å². The Labute approximate surface area is 163 Å². The quantitative estimate of drug-likeness (QED) is 0.676. The summed E-state index contributed by atoms with van der Waals surface area (Å²) in [5.74, 6) is 0.759. The number of halogens is 2. The molecule has 1 saturated heterocycles. The van der Waals surface area contributed by atoms with Gasteiger partial charge in [0.1, 0.15) is 11.6 Å². The number of anilines is 1. The van der Waals surface area contributed by atoms with Gasteiger partial charge in [-0.25, -0.2) is 14.4 Å². The van der Waals surface area contributed by atoms with Crippen molar-refractivity contribution in [1.29, 1.82) is 0 Å². The van der Waals surface area contributed by atoms with Crippen LogP contribution in [0.4, 0.5) is 10.2 Å². The average Bonchev–Trinajstić information content (AvgIpc) is 3.06. The Bertz CT molecular complexity index is 933. The number of benzene rings is 1. The molecule has 0 bridgehead atoms. The van der Waals surface area contributed by atoms with E-state index >= 15 is 0 Å². The molecule has 142 valence electrons. The highest BCUT2D eigenvalue weighted by Gasteiger charge is 2.19. The third-order valence-electron chi connectivity index (χ3n) is 5.24. The predicted molar refractivity (Wildman–Crippen MR) is 107 cm³/mol. The van der Waals surface area contributed by atoms with E-state index in [1.165, 1.54) is 11.6 Å². The van der Waals surface area contributed by atoms with Crippen LogP contribution in [-0.2, 0) is 6.42 Å². The highest BCUT2D eigenvalue weighted by molar-refractivity contribution is 6.28. The zero-order valence-corrected chi connectivity index (χ0v) is 16.1.